The maximum Gasteiger partial charge on any atom is 0.355 e. The van der Waals surface area contributed by atoms with Crippen LogP contribution in [0.4, 0.5) is 17.2 Å². The SMILES string of the molecule is C=C1C[C@H]2C=Nc3cc(OCCCC(=O)Nc4cn(C)c(C(=O)Nc5ccc(-c6cc(C(=O)OC(C)CN)n(C)c6)cc5)n4)c(OC)cc3C(=O)N2C1. The third-order valence-electron chi connectivity index (χ3n) is 8.93. The minimum absolute atomic E-state index is 0.104. The van der Waals surface area contributed by atoms with Gasteiger partial charge in [-0.25, -0.2) is 9.78 Å². The number of esters is 1. The molecule has 4 N–H and O–H groups in total. The number of ether oxygens (including phenoxy) is 3. The van der Waals surface area contributed by atoms with Crippen molar-refractivity contribution in [1.29, 1.82) is 0 Å². The highest BCUT2D eigenvalue weighted by Gasteiger charge is 2.34. The first-order valence-electron chi connectivity index (χ1n) is 17.1. The Balaban J connectivity index is 0.996. The largest absolute Gasteiger partial charge is 0.493 e. The number of imidazole rings is 1. The summed E-state index contributed by atoms with van der Waals surface area (Å²) in [5, 5.41) is 5.56. The molecule has 53 heavy (non-hydrogen) atoms. The van der Waals surface area contributed by atoms with Gasteiger partial charge in [-0.1, -0.05) is 24.3 Å². The summed E-state index contributed by atoms with van der Waals surface area (Å²) in [6, 6.07) is 12.1. The second-order valence-electron chi connectivity index (χ2n) is 13.0. The van der Waals surface area contributed by atoms with Gasteiger partial charge in [0.1, 0.15) is 11.8 Å². The lowest BCUT2D eigenvalue weighted by Crippen LogP contribution is -2.35. The smallest absolute Gasteiger partial charge is 0.355 e. The molecule has 4 aromatic rings. The van der Waals surface area contributed by atoms with Gasteiger partial charge in [-0.05, 0) is 49.6 Å². The minimum atomic E-state index is -0.459. The standard InChI is InChI=1S/C38H42N8O7/c1-22-13-27-18-40-29-16-32(31(51-5)15-28(29)37(49)46(27)19-22)52-12-6-7-34(47)42-33-21-45(4)35(43-33)36(48)41-26-10-8-24(9-11-26)25-14-30(44(3)20-25)38(50)53-23(2)17-39/h8-11,14-16,18,20-21,23,27H,1,6-7,12-13,17,19,39H2,2-5H3,(H,41,48)(H,42,47)/t23?,27-/m0/s1. The summed E-state index contributed by atoms with van der Waals surface area (Å²) < 4.78 is 20.0. The number of carbonyl (C=O) groups is 4. The third-order valence-corrected chi connectivity index (χ3v) is 8.93. The number of aromatic nitrogens is 3. The molecule has 3 amide bonds. The van der Waals surface area contributed by atoms with E-state index in [9.17, 15) is 19.2 Å². The number of benzene rings is 2. The molecule has 0 radical (unpaired) electrons. The Morgan fingerprint density at radius 3 is 2.55 bits per heavy atom. The number of hydrogen-bond donors (Lipinski definition) is 3. The van der Waals surface area contributed by atoms with Gasteiger partial charge in [0.05, 0.1) is 31.0 Å². The molecule has 0 spiro atoms. The number of nitrogens with one attached hydrogen (secondary N) is 2. The molecule has 276 valence electrons. The number of amides is 3. The van der Waals surface area contributed by atoms with Gasteiger partial charge in [-0.3, -0.25) is 19.4 Å². The Bertz CT molecular complexity index is 2100. The number of rotatable bonds is 13. The summed E-state index contributed by atoms with van der Waals surface area (Å²) in [5.41, 5.74) is 10.1. The van der Waals surface area contributed by atoms with Gasteiger partial charge in [-0.15, -0.1) is 0 Å². The summed E-state index contributed by atoms with van der Waals surface area (Å²) in [7, 11) is 4.92. The topological polar surface area (TPSA) is 184 Å². The highest BCUT2D eigenvalue weighted by molar-refractivity contribution is 6.04. The molecule has 2 aliphatic heterocycles. The number of hydrogen-bond acceptors (Lipinski definition) is 10. The molecule has 0 bridgehead atoms. The Labute approximate surface area is 306 Å². The first-order chi connectivity index (χ1) is 25.4. The predicted molar refractivity (Wildman–Crippen MR) is 199 cm³/mol. The summed E-state index contributed by atoms with van der Waals surface area (Å²) in [5.74, 6) is -0.197. The molecule has 2 atom stereocenters. The fraction of sp³-hybridized carbons (Fsp3) is 0.316. The van der Waals surface area contributed by atoms with Crippen molar-refractivity contribution < 1.29 is 33.4 Å². The van der Waals surface area contributed by atoms with E-state index in [4.69, 9.17) is 19.9 Å². The monoisotopic (exact) mass is 722 g/mol. The molecule has 0 saturated carbocycles. The van der Waals surface area contributed by atoms with Gasteiger partial charge >= 0.3 is 5.97 Å². The number of carbonyl (C=O) groups excluding carboxylic acids is 4. The van der Waals surface area contributed by atoms with Crippen molar-refractivity contribution in [2.75, 3.05) is 37.4 Å². The van der Waals surface area contributed by atoms with Crippen LogP contribution in [-0.4, -0.2) is 87.9 Å². The van der Waals surface area contributed by atoms with Gasteiger partial charge in [0.15, 0.2) is 17.3 Å². The maximum atomic E-state index is 13.2. The van der Waals surface area contributed by atoms with Crippen LogP contribution in [-0.2, 0) is 23.6 Å². The van der Waals surface area contributed by atoms with Crippen molar-refractivity contribution in [2.24, 2.45) is 24.8 Å². The fourth-order valence-electron chi connectivity index (χ4n) is 6.11. The van der Waals surface area contributed by atoms with Crippen molar-refractivity contribution >= 4 is 47.1 Å². The highest BCUT2D eigenvalue weighted by atomic mass is 16.5. The molecule has 1 fully saturated rings. The van der Waals surface area contributed by atoms with Crippen LogP contribution in [0, 0.1) is 0 Å². The molecule has 4 heterocycles. The van der Waals surface area contributed by atoms with Gasteiger partial charge in [0.2, 0.25) is 11.7 Å². The second kappa shape index (κ2) is 15.6. The van der Waals surface area contributed by atoms with Crippen molar-refractivity contribution in [3.63, 3.8) is 0 Å². The summed E-state index contributed by atoms with van der Waals surface area (Å²) in [4.78, 5) is 62.1. The molecule has 15 nitrogen and oxygen atoms in total. The lowest BCUT2D eigenvalue weighted by molar-refractivity contribution is -0.116. The quantitative estimate of drug-likeness (QED) is 0.102. The molecular formula is C38H42N8O7. The van der Waals surface area contributed by atoms with E-state index in [1.165, 1.54) is 11.7 Å². The average molecular weight is 723 g/mol. The maximum absolute atomic E-state index is 13.2. The normalized spacial score (nSPS) is 15.3. The molecule has 2 aliphatic rings. The lowest BCUT2D eigenvalue weighted by atomic mass is 10.1. The van der Waals surface area contributed by atoms with Gasteiger partial charge < -0.3 is 44.6 Å². The van der Waals surface area contributed by atoms with Crippen LogP contribution in [0.1, 0.15) is 57.7 Å². The van der Waals surface area contributed by atoms with E-state index in [0.717, 1.165) is 16.7 Å². The van der Waals surface area contributed by atoms with E-state index in [-0.39, 0.29) is 49.1 Å². The number of anilines is 2. The van der Waals surface area contributed by atoms with Crippen LogP contribution in [0.2, 0.25) is 0 Å². The van der Waals surface area contributed by atoms with Crippen LogP contribution in [0.15, 0.2) is 72.0 Å². The number of aliphatic imine (C=N–C) groups is 1. The number of methoxy groups -OCH3 is 1. The van der Waals surface area contributed by atoms with Crippen LogP contribution < -0.4 is 25.8 Å². The molecule has 15 heteroatoms. The lowest BCUT2D eigenvalue weighted by Gasteiger charge is -2.20. The number of fused-ring (bicyclic) bond motifs is 2. The number of nitrogens with two attached hydrogens (primary N) is 1. The number of nitrogens with zero attached hydrogens (tertiary/aromatic N) is 5. The average Bonchev–Trinajstić information content (AvgIpc) is 3.81. The van der Waals surface area contributed by atoms with Gasteiger partial charge in [0.25, 0.3) is 11.8 Å². The Morgan fingerprint density at radius 1 is 1.04 bits per heavy atom. The Kier molecular flexibility index (Phi) is 10.7. The summed E-state index contributed by atoms with van der Waals surface area (Å²) in [6.07, 6.45) is 5.94. The molecular weight excluding hydrogens is 680 g/mol. The molecule has 2 aromatic heterocycles. The van der Waals surface area contributed by atoms with Crippen molar-refractivity contribution in [3.05, 3.63) is 84.1 Å². The van der Waals surface area contributed by atoms with Crippen molar-refractivity contribution in [3.8, 4) is 22.6 Å². The number of aryl methyl sites for hydroxylation is 2. The molecule has 2 aromatic carbocycles. The van der Waals surface area contributed by atoms with E-state index < -0.39 is 18.0 Å². The second-order valence-corrected chi connectivity index (χ2v) is 13.0. The molecule has 1 unspecified atom stereocenters. The van der Waals surface area contributed by atoms with E-state index >= 15 is 0 Å². The Hall–Kier alpha value is -6.22. The van der Waals surface area contributed by atoms with Crippen LogP contribution in [0.3, 0.4) is 0 Å². The van der Waals surface area contributed by atoms with E-state index in [1.54, 1.807) is 73.2 Å². The summed E-state index contributed by atoms with van der Waals surface area (Å²) >= 11 is 0. The first-order valence-corrected chi connectivity index (χ1v) is 17.1. The van der Waals surface area contributed by atoms with Crippen molar-refractivity contribution in [2.45, 2.75) is 38.3 Å². The minimum Gasteiger partial charge on any atom is -0.493 e. The third kappa shape index (κ3) is 8.15. The van der Waals surface area contributed by atoms with E-state index in [2.05, 4.69) is 27.2 Å². The first kappa shape index (κ1) is 36.6. The van der Waals surface area contributed by atoms with E-state index in [0.29, 0.717) is 53.5 Å². The molecule has 0 aliphatic carbocycles. The fourth-order valence-corrected chi connectivity index (χ4v) is 6.11. The summed E-state index contributed by atoms with van der Waals surface area (Å²) in [6.45, 7) is 6.67. The molecule has 6 rings (SSSR count). The van der Waals surface area contributed by atoms with Crippen LogP contribution in [0.25, 0.3) is 11.1 Å². The Morgan fingerprint density at radius 2 is 1.81 bits per heavy atom. The van der Waals surface area contributed by atoms with Crippen LogP contribution in [0.5, 0.6) is 11.5 Å². The van der Waals surface area contributed by atoms with Gasteiger partial charge in [-0.2, -0.15) is 0 Å². The van der Waals surface area contributed by atoms with Gasteiger partial charge in [0, 0.05) is 69.5 Å². The zero-order valence-electron chi connectivity index (χ0n) is 30.0. The zero-order valence-corrected chi connectivity index (χ0v) is 30.0. The predicted octanol–water partition coefficient (Wildman–Crippen LogP) is 4.47. The molecule has 1 saturated heterocycles. The van der Waals surface area contributed by atoms with Crippen molar-refractivity contribution in [1.82, 2.24) is 19.0 Å². The zero-order chi connectivity index (χ0) is 37.8. The van der Waals surface area contributed by atoms with E-state index in [1.807, 2.05) is 18.3 Å². The van der Waals surface area contributed by atoms with Crippen LogP contribution >= 0.6 is 0 Å². The highest BCUT2D eigenvalue weighted by Crippen LogP contribution is 2.38.